The van der Waals surface area contributed by atoms with Gasteiger partial charge >= 0.3 is 12.9 Å². The number of methoxy groups -OCH3 is 1. The summed E-state index contributed by atoms with van der Waals surface area (Å²) < 4.78 is 23.0. The van der Waals surface area contributed by atoms with E-state index in [2.05, 4.69) is 11.9 Å². The highest BCUT2D eigenvalue weighted by atomic mass is 16.5. The Kier molecular flexibility index (Phi) is 8.09. The number of hydrogen-bond donors (Lipinski definition) is 2. The SMILES string of the molecule is C=CC1C[C@@]1(NC(=O)[C@@H]1C[C@@H](Oc2cc(-c3ccccc3)nc3cc(OC)ccc23)CB1OCN)C(=O)OCC. The molecule has 2 aliphatic rings. The number of rotatable bonds is 11. The van der Waals surface area contributed by atoms with E-state index < -0.39 is 24.2 Å². The van der Waals surface area contributed by atoms with Crippen LogP contribution in [0.5, 0.6) is 11.5 Å². The molecule has 2 fully saturated rings. The average molecular weight is 543 g/mol. The van der Waals surface area contributed by atoms with Crippen LogP contribution in [0.15, 0.2) is 67.3 Å². The molecule has 1 aliphatic heterocycles. The molecule has 1 amide bonds. The van der Waals surface area contributed by atoms with E-state index in [1.165, 1.54) is 0 Å². The summed E-state index contributed by atoms with van der Waals surface area (Å²) in [5.74, 6) is -0.0968. The molecule has 1 saturated carbocycles. The minimum absolute atomic E-state index is 0.0321. The van der Waals surface area contributed by atoms with Crippen molar-refractivity contribution in [1.82, 2.24) is 10.3 Å². The summed E-state index contributed by atoms with van der Waals surface area (Å²) >= 11 is 0. The number of nitrogens with one attached hydrogen (secondary N) is 1. The van der Waals surface area contributed by atoms with Crippen LogP contribution in [0.2, 0.25) is 12.1 Å². The van der Waals surface area contributed by atoms with Crippen molar-refractivity contribution < 1.29 is 28.5 Å². The molecule has 2 aromatic carbocycles. The minimum Gasteiger partial charge on any atom is -0.497 e. The molecule has 40 heavy (non-hydrogen) atoms. The quantitative estimate of drug-likeness (QED) is 0.161. The van der Waals surface area contributed by atoms with Crippen molar-refractivity contribution in [3.63, 3.8) is 0 Å². The summed E-state index contributed by atoms with van der Waals surface area (Å²) in [7, 11) is 1.62. The number of pyridine rings is 1. The third-order valence-corrected chi connectivity index (χ3v) is 7.74. The Morgan fingerprint density at radius 3 is 2.70 bits per heavy atom. The largest absolute Gasteiger partial charge is 0.497 e. The minimum atomic E-state index is -1.08. The van der Waals surface area contributed by atoms with Gasteiger partial charge in [0.25, 0.3) is 0 Å². The second-order valence-electron chi connectivity index (χ2n) is 10.2. The van der Waals surface area contributed by atoms with Gasteiger partial charge in [0.1, 0.15) is 17.0 Å². The van der Waals surface area contributed by atoms with Crippen molar-refractivity contribution in [2.45, 2.75) is 43.5 Å². The molecule has 3 aromatic rings. The third-order valence-electron chi connectivity index (χ3n) is 7.74. The van der Waals surface area contributed by atoms with Gasteiger partial charge in [0.15, 0.2) is 0 Å². The molecule has 208 valence electrons. The smallest absolute Gasteiger partial charge is 0.332 e. The molecule has 0 spiro atoms. The van der Waals surface area contributed by atoms with Gasteiger partial charge in [-0.2, -0.15) is 0 Å². The second-order valence-corrected chi connectivity index (χ2v) is 10.2. The van der Waals surface area contributed by atoms with E-state index in [9.17, 15) is 9.59 Å². The normalized spacial score (nSPS) is 23.5. The number of aromatic nitrogens is 1. The van der Waals surface area contributed by atoms with Crippen LogP contribution in [0.1, 0.15) is 19.8 Å². The number of benzene rings is 2. The van der Waals surface area contributed by atoms with Crippen LogP contribution in [-0.4, -0.2) is 55.9 Å². The van der Waals surface area contributed by atoms with Crippen molar-refractivity contribution in [2.24, 2.45) is 11.7 Å². The highest BCUT2D eigenvalue weighted by molar-refractivity contribution is 6.59. The number of carbonyl (C=O) groups is 2. The van der Waals surface area contributed by atoms with Gasteiger partial charge in [-0.05, 0) is 38.2 Å². The maximum atomic E-state index is 13.5. The van der Waals surface area contributed by atoms with Crippen LogP contribution >= 0.6 is 0 Å². The predicted octanol–water partition coefficient (Wildman–Crippen LogP) is 3.98. The summed E-state index contributed by atoms with van der Waals surface area (Å²) in [5, 5.41) is 3.79. The van der Waals surface area contributed by atoms with Crippen LogP contribution in [0.25, 0.3) is 22.2 Å². The van der Waals surface area contributed by atoms with Gasteiger partial charge in [0, 0.05) is 34.8 Å². The number of hydrogen-bond acceptors (Lipinski definition) is 8. The molecule has 3 N–H and O–H groups in total. The molecule has 9 nitrogen and oxygen atoms in total. The van der Waals surface area contributed by atoms with Gasteiger partial charge in [-0.3, -0.25) is 4.79 Å². The van der Waals surface area contributed by atoms with E-state index in [-0.39, 0.29) is 31.3 Å². The van der Waals surface area contributed by atoms with Crippen molar-refractivity contribution >= 4 is 29.7 Å². The van der Waals surface area contributed by atoms with Crippen LogP contribution in [-0.2, 0) is 19.0 Å². The highest BCUT2D eigenvalue weighted by Crippen LogP contribution is 2.47. The summed E-state index contributed by atoms with van der Waals surface area (Å²) in [5.41, 5.74) is 7.10. The van der Waals surface area contributed by atoms with Crippen molar-refractivity contribution in [3.8, 4) is 22.8 Å². The molecule has 1 saturated heterocycles. The van der Waals surface area contributed by atoms with Crippen molar-refractivity contribution in [2.75, 3.05) is 20.4 Å². The Morgan fingerprint density at radius 1 is 1.23 bits per heavy atom. The molecular formula is C30H34BN3O6. The Bertz CT molecular complexity index is 1400. The number of carbonyl (C=O) groups excluding carboxylic acids is 2. The number of nitrogens with zero attached hydrogens (tertiary/aromatic N) is 1. The lowest BCUT2D eigenvalue weighted by Crippen LogP contribution is -2.48. The molecule has 1 aromatic heterocycles. The topological polar surface area (TPSA) is 122 Å². The summed E-state index contributed by atoms with van der Waals surface area (Å²) in [4.78, 5) is 31.1. The van der Waals surface area contributed by atoms with Gasteiger partial charge in [0.2, 0.25) is 5.91 Å². The zero-order valence-corrected chi connectivity index (χ0v) is 22.8. The fraction of sp³-hybridized carbons (Fsp3) is 0.367. The number of esters is 1. The lowest BCUT2D eigenvalue weighted by atomic mass is 9.57. The van der Waals surface area contributed by atoms with E-state index in [0.717, 1.165) is 22.2 Å². The van der Waals surface area contributed by atoms with Crippen LogP contribution in [0.4, 0.5) is 0 Å². The first-order chi connectivity index (χ1) is 19.4. The first-order valence-corrected chi connectivity index (χ1v) is 13.6. The van der Waals surface area contributed by atoms with Crippen LogP contribution < -0.4 is 20.5 Å². The molecule has 1 aliphatic carbocycles. The number of amides is 1. The predicted molar refractivity (Wildman–Crippen MR) is 153 cm³/mol. The van der Waals surface area contributed by atoms with E-state index in [0.29, 0.717) is 30.7 Å². The molecule has 0 radical (unpaired) electrons. The molecule has 2 heterocycles. The average Bonchev–Trinajstić information content (AvgIpc) is 3.55. The molecule has 10 heteroatoms. The first-order valence-electron chi connectivity index (χ1n) is 13.6. The van der Waals surface area contributed by atoms with Gasteiger partial charge < -0.3 is 29.9 Å². The Balaban J connectivity index is 1.40. The Morgan fingerprint density at radius 2 is 2.02 bits per heavy atom. The van der Waals surface area contributed by atoms with Crippen LogP contribution in [0, 0.1) is 5.92 Å². The van der Waals surface area contributed by atoms with Crippen molar-refractivity contribution in [1.29, 1.82) is 0 Å². The van der Waals surface area contributed by atoms with Gasteiger partial charge in [0.05, 0.1) is 37.8 Å². The standard InChI is InChI=1S/C30H34BN3O6/c1-4-20-16-30(20,29(36)38-5-2)34-28(35)24-13-22(17-31(24)39-18-32)40-27-15-25(19-9-7-6-8-10-19)33-26-14-21(37-3)11-12-23(26)27/h4,6-12,14-15,20,22,24H,1,5,13,16-18,32H2,2-3H3,(H,34,35)/t20?,22-,24+,30+/m1/s1. The zero-order chi connectivity index (χ0) is 28.3. The number of fused-ring (bicyclic) bond motifs is 1. The Labute approximate surface area is 234 Å². The highest BCUT2D eigenvalue weighted by Gasteiger charge is 2.62. The number of ether oxygens (including phenoxy) is 3. The van der Waals surface area contributed by atoms with Crippen LogP contribution in [0.3, 0.4) is 0 Å². The maximum Gasteiger partial charge on any atom is 0.332 e. The van der Waals surface area contributed by atoms with E-state index >= 15 is 0 Å². The zero-order valence-electron chi connectivity index (χ0n) is 22.8. The van der Waals surface area contributed by atoms with E-state index in [1.54, 1.807) is 20.1 Å². The molecule has 4 atom stereocenters. The summed E-state index contributed by atoms with van der Waals surface area (Å²) in [6.45, 7) is 5.28. The maximum absolute atomic E-state index is 13.5. The molecule has 0 bridgehead atoms. The van der Waals surface area contributed by atoms with Gasteiger partial charge in [-0.15, -0.1) is 6.58 Å². The van der Waals surface area contributed by atoms with Gasteiger partial charge in [-0.1, -0.05) is 36.4 Å². The summed E-state index contributed by atoms with van der Waals surface area (Å²) in [6.07, 6.45) is 2.68. The molecule has 1 unspecified atom stereocenters. The monoisotopic (exact) mass is 543 g/mol. The molecular weight excluding hydrogens is 509 g/mol. The van der Waals surface area contributed by atoms with Crippen molar-refractivity contribution in [3.05, 3.63) is 67.3 Å². The van der Waals surface area contributed by atoms with Gasteiger partial charge in [-0.25, -0.2) is 9.78 Å². The molecule has 5 rings (SSSR count). The van der Waals surface area contributed by atoms with E-state index in [4.69, 9.17) is 29.6 Å². The lowest BCUT2D eigenvalue weighted by Gasteiger charge is -2.21. The second kappa shape index (κ2) is 11.7. The fourth-order valence-corrected chi connectivity index (χ4v) is 5.55. The first kappa shape index (κ1) is 27.7. The summed E-state index contributed by atoms with van der Waals surface area (Å²) in [6, 6.07) is 17.4. The lowest BCUT2D eigenvalue weighted by molar-refractivity contribution is -0.149. The third kappa shape index (κ3) is 5.42. The fourth-order valence-electron chi connectivity index (χ4n) is 5.55. The van der Waals surface area contributed by atoms with E-state index in [1.807, 2.05) is 54.6 Å². The Hall–Kier alpha value is -3.89. The number of nitrogens with two attached hydrogens (primary N) is 1.